The van der Waals surface area contributed by atoms with Crippen LogP contribution in [0.2, 0.25) is 0 Å². The molecule has 0 atom stereocenters. The Labute approximate surface area is 168 Å². The highest BCUT2D eigenvalue weighted by molar-refractivity contribution is 5.45. The second kappa shape index (κ2) is 8.00. The Morgan fingerprint density at radius 2 is 1.41 bits per heavy atom. The molecule has 2 aliphatic heterocycles. The lowest BCUT2D eigenvalue weighted by molar-refractivity contribution is 0.122. The van der Waals surface area contributed by atoms with Crippen molar-refractivity contribution in [1.82, 2.24) is 29.5 Å². The summed E-state index contributed by atoms with van der Waals surface area (Å²) >= 11 is 0. The van der Waals surface area contributed by atoms with E-state index in [1.807, 2.05) is 35.2 Å². The van der Waals surface area contributed by atoms with Gasteiger partial charge in [0.15, 0.2) is 0 Å². The second-order valence-electron chi connectivity index (χ2n) is 6.97. The minimum Gasteiger partial charge on any atom is -0.378 e. The van der Waals surface area contributed by atoms with Gasteiger partial charge in [0.05, 0.1) is 13.2 Å². The predicted molar refractivity (Wildman–Crippen MR) is 109 cm³/mol. The van der Waals surface area contributed by atoms with Crippen LogP contribution in [-0.4, -0.2) is 82.0 Å². The zero-order valence-electron chi connectivity index (χ0n) is 16.1. The van der Waals surface area contributed by atoms with Gasteiger partial charge in [0.1, 0.15) is 12.1 Å². The van der Waals surface area contributed by atoms with Gasteiger partial charge in [0, 0.05) is 57.9 Å². The summed E-state index contributed by atoms with van der Waals surface area (Å²) in [6, 6.07) is 6.01. The lowest BCUT2D eigenvalue weighted by Gasteiger charge is -2.36. The SMILES string of the molecule is c1ccc(N2CCN(c3nc(N4CCOCC4)nc(-n4ccnc4)n3)CC2)nc1. The number of ether oxygens (including phenoxy) is 1. The molecule has 0 aromatic carbocycles. The molecule has 2 fully saturated rings. The molecule has 0 saturated carbocycles. The quantitative estimate of drug-likeness (QED) is 0.633. The lowest BCUT2D eigenvalue weighted by atomic mass is 10.3. The summed E-state index contributed by atoms with van der Waals surface area (Å²) in [5.41, 5.74) is 0. The van der Waals surface area contributed by atoms with E-state index >= 15 is 0 Å². The van der Waals surface area contributed by atoms with E-state index in [9.17, 15) is 0 Å². The number of hydrogen-bond donors (Lipinski definition) is 0. The molecule has 2 aliphatic rings. The summed E-state index contributed by atoms with van der Waals surface area (Å²) in [7, 11) is 0. The lowest BCUT2D eigenvalue weighted by Crippen LogP contribution is -2.47. The van der Waals surface area contributed by atoms with Crippen molar-refractivity contribution in [2.24, 2.45) is 0 Å². The van der Waals surface area contributed by atoms with Crippen molar-refractivity contribution in [2.75, 3.05) is 67.2 Å². The Balaban J connectivity index is 1.39. The summed E-state index contributed by atoms with van der Waals surface area (Å²) < 4.78 is 7.29. The Hall–Kier alpha value is -3.27. The fraction of sp³-hybridized carbons (Fsp3) is 0.421. The molecule has 5 heterocycles. The first-order chi connectivity index (χ1) is 14.4. The highest BCUT2D eigenvalue weighted by Gasteiger charge is 2.23. The zero-order valence-corrected chi connectivity index (χ0v) is 16.1. The van der Waals surface area contributed by atoms with Crippen LogP contribution in [0.1, 0.15) is 0 Å². The maximum atomic E-state index is 5.47. The van der Waals surface area contributed by atoms with Crippen molar-refractivity contribution in [3.8, 4) is 5.95 Å². The summed E-state index contributed by atoms with van der Waals surface area (Å²) in [5.74, 6) is 2.98. The van der Waals surface area contributed by atoms with Crippen LogP contribution in [0.4, 0.5) is 17.7 Å². The topological polar surface area (TPSA) is 88.3 Å². The predicted octanol–water partition coefficient (Wildman–Crippen LogP) is 0.615. The largest absolute Gasteiger partial charge is 0.378 e. The smallest absolute Gasteiger partial charge is 0.241 e. The van der Waals surface area contributed by atoms with E-state index < -0.39 is 0 Å². The first-order valence-electron chi connectivity index (χ1n) is 9.85. The van der Waals surface area contributed by atoms with E-state index in [1.165, 1.54) is 0 Å². The fourth-order valence-corrected chi connectivity index (χ4v) is 3.56. The van der Waals surface area contributed by atoms with Gasteiger partial charge >= 0.3 is 0 Å². The average Bonchev–Trinajstić information content (AvgIpc) is 3.35. The molecular formula is C19H23N9O. The first-order valence-corrected chi connectivity index (χ1v) is 9.85. The number of rotatable bonds is 4. The number of piperazine rings is 1. The normalized spacial score (nSPS) is 17.6. The minimum atomic E-state index is 0.584. The van der Waals surface area contributed by atoms with E-state index in [1.54, 1.807) is 12.5 Å². The molecule has 0 spiro atoms. The molecule has 10 nitrogen and oxygen atoms in total. The third-order valence-electron chi connectivity index (χ3n) is 5.17. The molecule has 29 heavy (non-hydrogen) atoms. The van der Waals surface area contributed by atoms with Gasteiger partial charge in [0.2, 0.25) is 17.8 Å². The van der Waals surface area contributed by atoms with Crippen molar-refractivity contribution in [3.63, 3.8) is 0 Å². The number of aromatic nitrogens is 6. The second-order valence-corrected chi connectivity index (χ2v) is 6.97. The standard InChI is InChI=1S/C19H23N9O/c1-2-4-21-16(3-1)25-7-9-26(10-8-25)17-22-18(27-11-13-29-14-12-27)24-19(23-17)28-6-5-20-15-28/h1-6,15H,7-14H2. The van der Waals surface area contributed by atoms with Gasteiger partial charge in [-0.3, -0.25) is 4.57 Å². The number of anilines is 3. The highest BCUT2D eigenvalue weighted by Crippen LogP contribution is 2.20. The molecule has 0 N–H and O–H groups in total. The summed E-state index contributed by atoms with van der Waals surface area (Å²) in [6.45, 7) is 6.32. The molecule has 0 radical (unpaired) electrons. The van der Waals surface area contributed by atoms with E-state index in [0.717, 1.165) is 45.1 Å². The van der Waals surface area contributed by atoms with Gasteiger partial charge in [-0.25, -0.2) is 9.97 Å². The van der Waals surface area contributed by atoms with Gasteiger partial charge in [-0.15, -0.1) is 0 Å². The number of hydrogen-bond acceptors (Lipinski definition) is 9. The van der Waals surface area contributed by atoms with Gasteiger partial charge < -0.3 is 19.4 Å². The van der Waals surface area contributed by atoms with Gasteiger partial charge in [-0.05, 0) is 12.1 Å². The van der Waals surface area contributed by atoms with E-state index in [4.69, 9.17) is 14.7 Å². The van der Waals surface area contributed by atoms with E-state index in [-0.39, 0.29) is 0 Å². The van der Waals surface area contributed by atoms with Crippen LogP contribution >= 0.6 is 0 Å². The van der Waals surface area contributed by atoms with Crippen LogP contribution in [0.25, 0.3) is 5.95 Å². The Kier molecular flexibility index (Phi) is 4.91. The Bertz CT molecular complexity index is 920. The minimum absolute atomic E-state index is 0.584. The van der Waals surface area contributed by atoms with Crippen LogP contribution in [-0.2, 0) is 4.74 Å². The maximum Gasteiger partial charge on any atom is 0.241 e. The Morgan fingerprint density at radius 3 is 2.07 bits per heavy atom. The molecule has 150 valence electrons. The molecule has 2 saturated heterocycles. The van der Waals surface area contributed by atoms with Crippen LogP contribution in [0.3, 0.4) is 0 Å². The van der Waals surface area contributed by atoms with E-state index in [0.29, 0.717) is 31.1 Å². The fourth-order valence-electron chi connectivity index (χ4n) is 3.56. The monoisotopic (exact) mass is 393 g/mol. The molecule has 3 aromatic heterocycles. The summed E-state index contributed by atoms with van der Waals surface area (Å²) in [6.07, 6.45) is 7.12. The van der Waals surface area contributed by atoms with Crippen molar-refractivity contribution in [3.05, 3.63) is 43.1 Å². The number of pyridine rings is 1. The third-order valence-corrected chi connectivity index (χ3v) is 5.17. The first kappa shape index (κ1) is 17.8. The van der Waals surface area contributed by atoms with Crippen molar-refractivity contribution >= 4 is 17.7 Å². The molecule has 0 unspecified atom stereocenters. The van der Waals surface area contributed by atoms with Crippen molar-refractivity contribution < 1.29 is 4.74 Å². The van der Waals surface area contributed by atoms with Gasteiger partial charge in [-0.1, -0.05) is 6.07 Å². The highest BCUT2D eigenvalue weighted by atomic mass is 16.5. The van der Waals surface area contributed by atoms with Crippen molar-refractivity contribution in [2.45, 2.75) is 0 Å². The molecular weight excluding hydrogens is 370 g/mol. The molecule has 0 bridgehead atoms. The van der Waals surface area contributed by atoms with Crippen LogP contribution in [0.5, 0.6) is 0 Å². The summed E-state index contributed by atoms with van der Waals surface area (Å²) in [5, 5.41) is 0. The third kappa shape index (κ3) is 3.83. The maximum absolute atomic E-state index is 5.47. The number of imidazole rings is 1. The van der Waals surface area contributed by atoms with Gasteiger partial charge in [0.25, 0.3) is 0 Å². The van der Waals surface area contributed by atoms with E-state index in [2.05, 4.69) is 29.7 Å². The average molecular weight is 393 g/mol. The van der Waals surface area contributed by atoms with Crippen LogP contribution in [0.15, 0.2) is 43.1 Å². The zero-order chi connectivity index (χ0) is 19.5. The van der Waals surface area contributed by atoms with Crippen molar-refractivity contribution in [1.29, 1.82) is 0 Å². The Morgan fingerprint density at radius 1 is 0.724 bits per heavy atom. The molecule has 3 aromatic rings. The van der Waals surface area contributed by atoms with Crippen LogP contribution < -0.4 is 14.7 Å². The number of morpholine rings is 1. The molecule has 5 rings (SSSR count). The molecule has 0 aliphatic carbocycles. The summed E-state index contributed by atoms with van der Waals surface area (Å²) in [4.78, 5) is 29.4. The molecule has 10 heteroatoms. The number of nitrogens with zero attached hydrogens (tertiary/aromatic N) is 9. The molecule has 0 amide bonds. The van der Waals surface area contributed by atoms with Crippen LogP contribution in [0, 0.1) is 0 Å². The van der Waals surface area contributed by atoms with Gasteiger partial charge in [-0.2, -0.15) is 15.0 Å².